The van der Waals surface area contributed by atoms with Crippen LogP contribution < -0.4 is 19.8 Å². The highest BCUT2D eigenvalue weighted by Crippen LogP contribution is 2.31. The van der Waals surface area contributed by atoms with Crippen molar-refractivity contribution in [1.82, 2.24) is 9.71 Å². The Kier molecular flexibility index (Phi) is 5.30. The molecule has 3 aromatic rings. The normalized spacial score (nSPS) is 11.6. The summed E-state index contributed by atoms with van der Waals surface area (Å²) in [5.41, 5.74) is 0.842. The highest BCUT2D eigenvalue weighted by atomic mass is 32.2. The summed E-state index contributed by atoms with van der Waals surface area (Å²) in [7, 11) is -0.481. The standard InChI is InChI=1S/C17H18N2O5S2/c1-23-14-9-12-8-11(17(20)19-13(12)10-15(14)24-2)5-6-18-26(21,22)16-4-3-7-25-16/h3-4,7-10,18H,5-6H2,1-2H3,(H,19,20). The van der Waals surface area contributed by atoms with Crippen LogP contribution in [0.3, 0.4) is 0 Å². The molecule has 0 fully saturated rings. The first kappa shape index (κ1) is 18.4. The third-order valence-electron chi connectivity index (χ3n) is 3.87. The van der Waals surface area contributed by atoms with E-state index < -0.39 is 10.0 Å². The second kappa shape index (κ2) is 7.48. The number of rotatable bonds is 7. The molecule has 0 saturated carbocycles. The van der Waals surface area contributed by atoms with Crippen molar-refractivity contribution in [1.29, 1.82) is 0 Å². The third-order valence-corrected chi connectivity index (χ3v) is 6.73. The van der Waals surface area contributed by atoms with Crippen LogP contribution in [0, 0.1) is 0 Å². The predicted octanol–water partition coefficient (Wildman–Crippen LogP) is 2.13. The van der Waals surface area contributed by atoms with Crippen LogP contribution in [-0.4, -0.2) is 34.2 Å². The van der Waals surface area contributed by atoms with Gasteiger partial charge < -0.3 is 14.5 Å². The molecule has 0 radical (unpaired) electrons. The van der Waals surface area contributed by atoms with Gasteiger partial charge in [-0.2, -0.15) is 0 Å². The molecule has 9 heteroatoms. The monoisotopic (exact) mass is 394 g/mol. The number of sulfonamides is 1. The van der Waals surface area contributed by atoms with Gasteiger partial charge >= 0.3 is 0 Å². The van der Waals surface area contributed by atoms with Gasteiger partial charge in [-0.1, -0.05) is 6.07 Å². The van der Waals surface area contributed by atoms with Crippen LogP contribution in [0.4, 0.5) is 0 Å². The van der Waals surface area contributed by atoms with Crippen molar-refractivity contribution < 1.29 is 17.9 Å². The SMILES string of the molecule is COc1cc2cc(CCNS(=O)(=O)c3cccs3)c(=O)[nH]c2cc1OC. The molecule has 0 saturated heterocycles. The van der Waals surface area contributed by atoms with Crippen molar-refractivity contribution in [2.75, 3.05) is 20.8 Å². The summed E-state index contributed by atoms with van der Waals surface area (Å²) in [6.07, 6.45) is 0.268. The van der Waals surface area contributed by atoms with Gasteiger partial charge in [0.05, 0.1) is 19.7 Å². The summed E-state index contributed by atoms with van der Waals surface area (Å²) in [6.45, 7) is 0.127. The van der Waals surface area contributed by atoms with Crippen molar-refractivity contribution in [2.45, 2.75) is 10.6 Å². The van der Waals surface area contributed by atoms with Gasteiger partial charge in [0.1, 0.15) is 4.21 Å². The Bertz CT molecular complexity index is 1070. The molecule has 1 aromatic carbocycles. The highest BCUT2D eigenvalue weighted by molar-refractivity contribution is 7.91. The van der Waals surface area contributed by atoms with Crippen molar-refractivity contribution in [2.24, 2.45) is 0 Å². The maximum Gasteiger partial charge on any atom is 0.251 e. The Morgan fingerprint density at radius 1 is 1.15 bits per heavy atom. The Labute approximate surface area is 154 Å². The van der Waals surface area contributed by atoms with Crippen molar-refractivity contribution >= 4 is 32.3 Å². The lowest BCUT2D eigenvalue weighted by molar-refractivity contribution is 0.356. The van der Waals surface area contributed by atoms with E-state index in [1.165, 1.54) is 20.3 Å². The van der Waals surface area contributed by atoms with Gasteiger partial charge in [0.15, 0.2) is 11.5 Å². The number of methoxy groups -OCH3 is 2. The molecule has 0 aliphatic rings. The lowest BCUT2D eigenvalue weighted by Gasteiger charge is -2.10. The van der Waals surface area contributed by atoms with E-state index in [0.29, 0.717) is 22.6 Å². The molecule has 2 N–H and O–H groups in total. The van der Waals surface area contributed by atoms with Crippen LogP contribution in [0.15, 0.2) is 44.7 Å². The lowest BCUT2D eigenvalue weighted by atomic mass is 10.1. The topological polar surface area (TPSA) is 97.5 Å². The second-order valence-electron chi connectivity index (χ2n) is 5.50. The van der Waals surface area contributed by atoms with Gasteiger partial charge in [0.2, 0.25) is 10.0 Å². The summed E-state index contributed by atoms with van der Waals surface area (Å²) >= 11 is 1.14. The second-order valence-corrected chi connectivity index (χ2v) is 8.44. The molecular formula is C17H18N2O5S2. The van der Waals surface area contributed by atoms with Gasteiger partial charge in [0, 0.05) is 23.6 Å². The van der Waals surface area contributed by atoms with E-state index in [1.54, 1.807) is 29.6 Å². The first-order valence-corrected chi connectivity index (χ1v) is 10.1. The zero-order valence-electron chi connectivity index (χ0n) is 14.2. The Morgan fingerprint density at radius 2 is 1.88 bits per heavy atom. The maximum atomic E-state index is 12.3. The van der Waals surface area contributed by atoms with Crippen LogP contribution >= 0.6 is 11.3 Å². The minimum atomic E-state index is -3.54. The summed E-state index contributed by atoms with van der Waals surface area (Å²) in [5, 5.41) is 2.47. The molecule has 0 aliphatic carbocycles. The van der Waals surface area contributed by atoms with Gasteiger partial charge in [-0.15, -0.1) is 11.3 Å². The zero-order valence-corrected chi connectivity index (χ0v) is 15.9. The van der Waals surface area contributed by atoms with E-state index in [9.17, 15) is 13.2 Å². The number of aromatic nitrogens is 1. The van der Waals surface area contributed by atoms with Crippen LogP contribution in [0.5, 0.6) is 11.5 Å². The highest BCUT2D eigenvalue weighted by Gasteiger charge is 2.15. The molecule has 3 rings (SSSR count). The van der Waals surface area contributed by atoms with Crippen molar-refractivity contribution in [3.8, 4) is 11.5 Å². The minimum absolute atomic E-state index is 0.127. The van der Waals surface area contributed by atoms with E-state index in [-0.39, 0.29) is 22.7 Å². The number of hydrogen-bond acceptors (Lipinski definition) is 6. The zero-order chi connectivity index (χ0) is 18.7. The summed E-state index contributed by atoms with van der Waals surface area (Å²) in [4.78, 5) is 15.1. The van der Waals surface area contributed by atoms with Crippen LogP contribution in [0.1, 0.15) is 5.56 Å². The molecule has 0 spiro atoms. The quantitative estimate of drug-likeness (QED) is 0.640. The van der Waals surface area contributed by atoms with Crippen LogP contribution in [0.2, 0.25) is 0 Å². The molecule has 26 heavy (non-hydrogen) atoms. The van der Waals surface area contributed by atoms with E-state index in [0.717, 1.165) is 16.7 Å². The summed E-state index contributed by atoms with van der Waals surface area (Å²) in [5.74, 6) is 1.07. The predicted molar refractivity (Wildman–Crippen MR) is 101 cm³/mol. The van der Waals surface area contributed by atoms with E-state index in [1.807, 2.05) is 0 Å². The van der Waals surface area contributed by atoms with E-state index >= 15 is 0 Å². The van der Waals surface area contributed by atoms with Crippen LogP contribution in [-0.2, 0) is 16.4 Å². The fourth-order valence-electron chi connectivity index (χ4n) is 2.57. The fourth-order valence-corrected chi connectivity index (χ4v) is 4.64. The molecule has 7 nitrogen and oxygen atoms in total. The van der Waals surface area contributed by atoms with Crippen molar-refractivity contribution in [3.05, 3.63) is 51.6 Å². The fraction of sp³-hybridized carbons (Fsp3) is 0.235. The van der Waals surface area contributed by atoms with Gasteiger partial charge in [-0.3, -0.25) is 4.79 Å². The lowest BCUT2D eigenvalue weighted by Crippen LogP contribution is -2.27. The van der Waals surface area contributed by atoms with E-state index in [4.69, 9.17) is 9.47 Å². The van der Waals surface area contributed by atoms with Crippen LogP contribution in [0.25, 0.3) is 10.9 Å². The number of nitrogens with one attached hydrogen (secondary N) is 2. The molecule has 0 bridgehead atoms. The molecule has 2 heterocycles. The number of H-pyrrole nitrogens is 1. The average Bonchev–Trinajstić information content (AvgIpc) is 3.16. The molecule has 138 valence electrons. The molecule has 0 unspecified atom stereocenters. The Balaban J connectivity index is 1.82. The number of pyridine rings is 1. The number of thiophene rings is 1. The number of hydrogen-bond donors (Lipinski definition) is 2. The minimum Gasteiger partial charge on any atom is -0.493 e. The molecular weight excluding hydrogens is 376 g/mol. The first-order chi connectivity index (χ1) is 12.4. The Hall–Kier alpha value is -2.36. The molecule has 0 atom stereocenters. The summed E-state index contributed by atoms with van der Waals surface area (Å²) < 4.78 is 37.5. The van der Waals surface area contributed by atoms with Crippen molar-refractivity contribution in [3.63, 3.8) is 0 Å². The number of fused-ring (bicyclic) bond motifs is 1. The van der Waals surface area contributed by atoms with Gasteiger partial charge in [0.25, 0.3) is 5.56 Å². The number of ether oxygens (including phenoxy) is 2. The molecule has 2 aromatic heterocycles. The largest absolute Gasteiger partial charge is 0.493 e. The summed E-state index contributed by atoms with van der Waals surface area (Å²) in [6, 6.07) is 8.41. The Morgan fingerprint density at radius 3 is 2.54 bits per heavy atom. The molecule has 0 aliphatic heterocycles. The van der Waals surface area contributed by atoms with Gasteiger partial charge in [-0.25, -0.2) is 13.1 Å². The smallest absolute Gasteiger partial charge is 0.251 e. The van der Waals surface area contributed by atoms with Gasteiger partial charge in [-0.05, 0) is 30.0 Å². The average molecular weight is 394 g/mol. The van der Waals surface area contributed by atoms with E-state index in [2.05, 4.69) is 9.71 Å². The number of aromatic amines is 1. The molecule has 0 amide bonds. The maximum absolute atomic E-state index is 12.3. The number of benzene rings is 1. The first-order valence-electron chi connectivity index (χ1n) is 7.75. The third kappa shape index (κ3) is 3.74.